The molecule has 192 valence electrons. The second-order valence-electron chi connectivity index (χ2n) is 9.76. The molecule has 0 saturated carbocycles. The molecule has 0 unspecified atom stereocenters. The van der Waals surface area contributed by atoms with Gasteiger partial charge in [0, 0.05) is 41.5 Å². The Morgan fingerprint density at radius 1 is 0.575 bits per heavy atom. The van der Waals surface area contributed by atoms with Crippen molar-refractivity contribution in [2.24, 2.45) is 0 Å². The maximum absolute atomic E-state index is 14.0. The zero-order chi connectivity index (χ0) is 26.9. The van der Waals surface area contributed by atoms with Crippen molar-refractivity contribution >= 4 is 5.65 Å². The minimum Gasteiger partial charge on any atom is -0.306 e. The summed E-state index contributed by atoms with van der Waals surface area (Å²) in [6.45, 7) is 0. The maximum atomic E-state index is 14.0. The van der Waals surface area contributed by atoms with Gasteiger partial charge in [0.15, 0.2) is 0 Å². The highest BCUT2D eigenvalue weighted by Crippen LogP contribution is 2.43. The van der Waals surface area contributed by atoms with Gasteiger partial charge in [-0.2, -0.15) is 5.10 Å². The van der Waals surface area contributed by atoms with Crippen LogP contribution < -0.4 is 0 Å². The Morgan fingerprint density at radius 3 is 1.70 bits per heavy atom. The fourth-order valence-corrected chi connectivity index (χ4v) is 5.59. The minimum absolute atomic E-state index is 0.281. The normalized spacial score (nSPS) is 11.6. The van der Waals surface area contributed by atoms with Crippen LogP contribution in [0.1, 0.15) is 16.7 Å². The lowest BCUT2D eigenvalue weighted by Crippen LogP contribution is -2.38. The van der Waals surface area contributed by atoms with Gasteiger partial charge in [-0.15, -0.1) is 0 Å². The Hall–Kier alpha value is -5.29. The molecule has 0 radical (unpaired) electrons. The molecular weight excluding hydrogens is 495 g/mol. The van der Waals surface area contributed by atoms with Gasteiger partial charge in [-0.1, -0.05) is 91.0 Å². The van der Waals surface area contributed by atoms with E-state index in [1.54, 1.807) is 18.3 Å². The van der Waals surface area contributed by atoms with Gasteiger partial charge in [0.05, 0.1) is 0 Å². The monoisotopic (exact) mass is 520 g/mol. The molecule has 40 heavy (non-hydrogen) atoms. The van der Waals surface area contributed by atoms with E-state index >= 15 is 0 Å². The lowest BCUT2D eigenvalue weighted by Gasteiger charge is -2.36. The topological polar surface area (TPSA) is 35.1 Å². The first-order valence-electron chi connectivity index (χ1n) is 13.2. The van der Waals surface area contributed by atoms with E-state index in [1.165, 1.54) is 12.1 Å². The molecule has 4 nitrogen and oxygen atoms in total. The van der Waals surface area contributed by atoms with Crippen LogP contribution in [0.4, 0.5) is 4.39 Å². The largest absolute Gasteiger partial charge is 0.306 e. The number of aromatic nitrogens is 4. The minimum atomic E-state index is -0.768. The smallest absolute Gasteiger partial charge is 0.138 e. The Balaban J connectivity index is 1.58. The Labute approximate surface area is 231 Å². The van der Waals surface area contributed by atoms with E-state index in [0.29, 0.717) is 0 Å². The lowest BCUT2D eigenvalue weighted by molar-refractivity contribution is 0.461. The third-order valence-corrected chi connectivity index (χ3v) is 7.45. The molecule has 5 heteroatoms. The molecule has 0 saturated heterocycles. The first kappa shape index (κ1) is 23.8. The van der Waals surface area contributed by atoms with Crippen molar-refractivity contribution in [3.63, 3.8) is 0 Å². The molecule has 3 aromatic heterocycles. The van der Waals surface area contributed by atoms with Gasteiger partial charge in [-0.25, -0.2) is 9.37 Å². The molecule has 0 amide bonds. The van der Waals surface area contributed by atoms with Crippen molar-refractivity contribution in [1.82, 2.24) is 19.2 Å². The van der Waals surface area contributed by atoms with Crippen molar-refractivity contribution in [2.75, 3.05) is 0 Å². The second kappa shape index (κ2) is 9.79. The quantitative estimate of drug-likeness (QED) is 0.209. The SMILES string of the molecule is Fc1ccc(-c2nn(C(c3ccccc3)(c3ccccc3)c3ccccc3)cc2-c2ccc3nccn3c2)cc1. The summed E-state index contributed by atoms with van der Waals surface area (Å²) in [6.07, 6.45) is 7.90. The van der Waals surface area contributed by atoms with E-state index in [9.17, 15) is 4.39 Å². The molecule has 0 aliphatic rings. The van der Waals surface area contributed by atoms with E-state index in [1.807, 2.05) is 34.9 Å². The molecule has 0 bridgehead atoms. The maximum Gasteiger partial charge on any atom is 0.138 e. The van der Waals surface area contributed by atoms with Crippen molar-refractivity contribution in [3.05, 3.63) is 175 Å². The highest BCUT2D eigenvalue weighted by Gasteiger charge is 2.40. The highest BCUT2D eigenvalue weighted by atomic mass is 19.1. The summed E-state index contributed by atoms with van der Waals surface area (Å²) in [5, 5.41) is 5.33. The first-order chi connectivity index (χ1) is 19.7. The number of pyridine rings is 1. The highest BCUT2D eigenvalue weighted by molar-refractivity contribution is 5.81. The number of halogens is 1. The van der Waals surface area contributed by atoms with E-state index in [-0.39, 0.29) is 5.82 Å². The number of benzene rings is 4. The summed E-state index contributed by atoms with van der Waals surface area (Å²) in [4.78, 5) is 4.41. The van der Waals surface area contributed by atoms with Gasteiger partial charge in [0.1, 0.15) is 22.7 Å². The Morgan fingerprint density at radius 2 is 1.12 bits per heavy atom. The van der Waals surface area contributed by atoms with Gasteiger partial charge in [0.25, 0.3) is 0 Å². The fourth-order valence-electron chi connectivity index (χ4n) is 5.59. The number of hydrogen-bond acceptors (Lipinski definition) is 2. The Kier molecular flexibility index (Phi) is 5.82. The third-order valence-electron chi connectivity index (χ3n) is 7.45. The fraction of sp³-hybridized carbons (Fsp3) is 0.0286. The second-order valence-corrected chi connectivity index (χ2v) is 9.76. The van der Waals surface area contributed by atoms with Crippen LogP contribution in [0.25, 0.3) is 28.0 Å². The molecule has 0 aliphatic carbocycles. The predicted molar refractivity (Wildman–Crippen MR) is 156 cm³/mol. The van der Waals surface area contributed by atoms with Crippen molar-refractivity contribution in [3.8, 4) is 22.4 Å². The van der Waals surface area contributed by atoms with E-state index in [0.717, 1.165) is 44.7 Å². The van der Waals surface area contributed by atoms with Gasteiger partial charge < -0.3 is 4.40 Å². The zero-order valence-corrected chi connectivity index (χ0v) is 21.6. The van der Waals surface area contributed by atoms with Crippen molar-refractivity contribution in [1.29, 1.82) is 0 Å². The molecular formula is C35H25FN4. The van der Waals surface area contributed by atoms with Crippen LogP contribution in [-0.4, -0.2) is 19.2 Å². The summed E-state index contributed by atoms with van der Waals surface area (Å²) in [7, 11) is 0. The Bertz CT molecular complexity index is 1790. The summed E-state index contributed by atoms with van der Waals surface area (Å²) in [6, 6.07) is 42.0. The molecule has 3 heterocycles. The summed E-state index contributed by atoms with van der Waals surface area (Å²) in [5.74, 6) is -0.281. The average Bonchev–Trinajstić information content (AvgIpc) is 3.67. The van der Waals surface area contributed by atoms with Crippen LogP contribution in [0.5, 0.6) is 0 Å². The number of hydrogen-bond donors (Lipinski definition) is 0. The van der Waals surface area contributed by atoms with E-state index in [2.05, 4.69) is 101 Å². The summed E-state index contributed by atoms with van der Waals surface area (Å²) >= 11 is 0. The molecule has 0 fully saturated rings. The average molecular weight is 521 g/mol. The number of rotatable bonds is 6. The molecule has 0 N–H and O–H groups in total. The van der Waals surface area contributed by atoms with Gasteiger partial charge in [0.2, 0.25) is 0 Å². The third kappa shape index (κ3) is 3.91. The van der Waals surface area contributed by atoms with Gasteiger partial charge in [-0.05, 0) is 53.1 Å². The molecule has 4 aromatic carbocycles. The number of imidazole rings is 1. The zero-order valence-electron chi connectivity index (χ0n) is 21.6. The van der Waals surface area contributed by atoms with E-state index in [4.69, 9.17) is 5.10 Å². The molecule has 0 spiro atoms. The predicted octanol–water partition coefficient (Wildman–Crippen LogP) is 7.84. The van der Waals surface area contributed by atoms with Crippen LogP contribution in [0.2, 0.25) is 0 Å². The van der Waals surface area contributed by atoms with Crippen LogP contribution in [-0.2, 0) is 5.54 Å². The van der Waals surface area contributed by atoms with Crippen molar-refractivity contribution < 1.29 is 4.39 Å². The van der Waals surface area contributed by atoms with Crippen LogP contribution >= 0.6 is 0 Å². The number of fused-ring (bicyclic) bond motifs is 1. The summed E-state index contributed by atoms with van der Waals surface area (Å²) in [5.41, 5.74) is 6.87. The molecule has 7 aromatic rings. The lowest BCUT2D eigenvalue weighted by atomic mass is 9.77. The van der Waals surface area contributed by atoms with Crippen LogP contribution in [0.15, 0.2) is 152 Å². The van der Waals surface area contributed by atoms with Gasteiger partial charge >= 0.3 is 0 Å². The molecule has 0 atom stereocenters. The molecule has 7 rings (SSSR count). The molecule has 0 aliphatic heterocycles. The number of nitrogens with zero attached hydrogens (tertiary/aromatic N) is 4. The van der Waals surface area contributed by atoms with Gasteiger partial charge in [-0.3, -0.25) is 4.68 Å². The summed E-state index contributed by atoms with van der Waals surface area (Å²) < 4.78 is 18.1. The van der Waals surface area contributed by atoms with Crippen LogP contribution in [0.3, 0.4) is 0 Å². The standard InChI is InChI=1S/C35H25FN4/c36-31-19-16-26(17-20-31)34-32(27-18-21-33-37-22-23-39(33)24-27)25-40(38-34)35(28-10-4-1-5-11-28,29-12-6-2-7-13-29)30-14-8-3-9-15-30/h1-25H. The first-order valence-corrected chi connectivity index (χ1v) is 13.2. The van der Waals surface area contributed by atoms with E-state index < -0.39 is 5.54 Å². The van der Waals surface area contributed by atoms with Crippen LogP contribution in [0, 0.1) is 5.82 Å². The van der Waals surface area contributed by atoms with Crippen molar-refractivity contribution in [2.45, 2.75) is 5.54 Å².